The molecule has 0 aliphatic carbocycles. The van der Waals surface area contributed by atoms with Gasteiger partial charge < -0.3 is 5.73 Å². The molecule has 3 heteroatoms. The molecule has 14 heavy (non-hydrogen) atoms. The molecule has 1 rings (SSSR count). The van der Waals surface area contributed by atoms with Gasteiger partial charge in [0.15, 0.2) is 0 Å². The maximum atomic E-state index is 6.00. The molecule has 0 radical (unpaired) electrons. The minimum atomic E-state index is -0.313. The molecule has 2 N–H and O–H groups in total. The number of nitrogens with zero attached hydrogens (tertiary/aromatic N) is 1. The van der Waals surface area contributed by atoms with Crippen LogP contribution in [0.25, 0.3) is 0 Å². The van der Waals surface area contributed by atoms with Crippen LogP contribution in [0.3, 0.4) is 0 Å². The van der Waals surface area contributed by atoms with Crippen molar-refractivity contribution in [3.8, 4) is 0 Å². The summed E-state index contributed by atoms with van der Waals surface area (Å²) in [5.74, 6) is 0. The normalized spacial score (nSPS) is 13.3. The number of hydrogen-bond donors (Lipinski definition) is 1. The monoisotopic (exact) mass is 212 g/mol. The van der Waals surface area contributed by atoms with Gasteiger partial charge in [-0.2, -0.15) is 0 Å². The van der Waals surface area contributed by atoms with E-state index < -0.39 is 0 Å². The fourth-order valence-electron chi connectivity index (χ4n) is 1.06. The lowest BCUT2D eigenvalue weighted by atomic mass is 9.87. The lowest BCUT2D eigenvalue weighted by Crippen LogP contribution is -2.29. The molecule has 0 aliphatic rings. The van der Waals surface area contributed by atoms with E-state index in [4.69, 9.17) is 5.73 Å². The third-order valence-electron chi connectivity index (χ3n) is 2.63. The second kappa shape index (κ2) is 3.63. The standard InChI is InChI=1S/C11H20N2S/c1-6-10(2,3)8-7-14-9(13-8)11(4,5)12/h7H,6,12H2,1-5H3. The first kappa shape index (κ1) is 11.7. The van der Waals surface area contributed by atoms with Crippen molar-refractivity contribution < 1.29 is 0 Å². The van der Waals surface area contributed by atoms with E-state index in [0.29, 0.717) is 0 Å². The van der Waals surface area contributed by atoms with Crippen LogP contribution >= 0.6 is 11.3 Å². The fraction of sp³-hybridized carbons (Fsp3) is 0.727. The summed E-state index contributed by atoms with van der Waals surface area (Å²) in [7, 11) is 0. The summed E-state index contributed by atoms with van der Waals surface area (Å²) >= 11 is 1.66. The molecule has 0 fully saturated rings. The Labute approximate surface area is 90.6 Å². The molecule has 0 saturated carbocycles. The third-order valence-corrected chi connectivity index (χ3v) is 3.81. The molecule has 0 aromatic carbocycles. The Bertz CT molecular complexity index is 307. The van der Waals surface area contributed by atoms with Crippen molar-refractivity contribution in [3.05, 3.63) is 16.1 Å². The summed E-state index contributed by atoms with van der Waals surface area (Å²) in [4.78, 5) is 4.62. The van der Waals surface area contributed by atoms with Crippen LogP contribution in [0.5, 0.6) is 0 Å². The summed E-state index contributed by atoms with van der Waals surface area (Å²) in [5.41, 5.74) is 7.02. The molecule has 0 unspecified atom stereocenters. The molecular formula is C11H20N2S. The summed E-state index contributed by atoms with van der Waals surface area (Å²) in [5, 5.41) is 3.15. The predicted molar refractivity (Wildman–Crippen MR) is 62.6 cm³/mol. The van der Waals surface area contributed by atoms with Gasteiger partial charge in [0.05, 0.1) is 11.2 Å². The van der Waals surface area contributed by atoms with Gasteiger partial charge in [0, 0.05) is 10.8 Å². The first-order valence-electron chi connectivity index (χ1n) is 5.03. The van der Waals surface area contributed by atoms with E-state index in [2.05, 4.69) is 31.1 Å². The first-order valence-corrected chi connectivity index (χ1v) is 5.90. The van der Waals surface area contributed by atoms with Gasteiger partial charge in [-0.3, -0.25) is 0 Å². The minimum absolute atomic E-state index is 0.167. The van der Waals surface area contributed by atoms with E-state index in [-0.39, 0.29) is 11.0 Å². The van der Waals surface area contributed by atoms with Crippen LogP contribution in [0.4, 0.5) is 0 Å². The van der Waals surface area contributed by atoms with Crippen LogP contribution in [0.1, 0.15) is 51.7 Å². The van der Waals surface area contributed by atoms with Gasteiger partial charge in [-0.05, 0) is 20.3 Å². The second-order valence-electron chi connectivity index (χ2n) is 5.00. The average Bonchev–Trinajstić information content (AvgIpc) is 2.51. The number of nitrogens with two attached hydrogens (primary N) is 1. The molecular weight excluding hydrogens is 192 g/mol. The van der Waals surface area contributed by atoms with Crippen LogP contribution in [-0.2, 0) is 11.0 Å². The van der Waals surface area contributed by atoms with Crippen molar-refractivity contribution in [2.24, 2.45) is 5.73 Å². The van der Waals surface area contributed by atoms with Gasteiger partial charge in [-0.15, -0.1) is 11.3 Å². The van der Waals surface area contributed by atoms with E-state index in [1.54, 1.807) is 11.3 Å². The van der Waals surface area contributed by atoms with E-state index >= 15 is 0 Å². The number of aromatic nitrogens is 1. The highest BCUT2D eigenvalue weighted by molar-refractivity contribution is 7.09. The van der Waals surface area contributed by atoms with E-state index in [9.17, 15) is 0 Å². The van der Waals surface area contributed by atoms with Crippen LogP contribution in [0, 0.1) is 0 Å². The molecule has 0 atom stereocenters. The van der Waals surface area contributed by atoms with Crippen molar-refractivity contribution in [1.82, 2.24) is 4.98 Å². The Morgan fingerprint density at radius 1 is 1.36 bits per heavy atom. The highest BCUT2D eigenvalue weighted by Gasteiger charge is 2.25. The predicted octanol–water partition coefficient (Wildman–Crippen LogP) is 3.02. The van der Waals surface area contributed by atoms with Gasteiger partial charge in [-0.1, -0.05) is 20.8 Å². The Morgan fingerprint density at radius 3 is 2.29 bits per heavy atom. The van der Waals surface area contributed by atoms with Gasteiger partial charge in [-0.25, -0.2) is 4.98 Å². The highest BCUT2D eigenvalue weighted by atomic mass is 32.1. The summed E-state index contributed by atoms with van der Waals surface area (Å²) < 4.78 is 0. The van der Waals surface area contributed by atoms with Crippen LogP contribution in [0.15, 0.2) is 5.38 Å². The highest BCUT2D eigenvalue weighted by Crippen LogP contribution is 2.30. The molecule has 0 aliphatic heterocycles. The maximum absolute atomic E-state index is 6.00. The van der Waals surface area contributed by atoms with Gasteiger partial charge >= 0.3 is 0 Å². The largest absolute Gasteiger partial charge is 0.320 e. The Balaban J connectivity index is 3.00. The molecule has 0 amide bonds. The molecule has 0 spiro atoms. The van der Waals surface area contributed by atoms with Crippen molar-refractivity contribution in [2.45, 2.75) is 52.0 Å². The summed E-state index contributed by atoms with van der Waals surface area (Å²) in [6, 6.07) is 0. The van der Waals surface area contributed by atoms with Crippen molar-refractivity contribution in [1.29, 1.82) is 0 Å². The smallest absolute Gasteiger partial charge is 0.112 e. The topological polar surface area (TPSA) is 38.9 Å². The first-order chi connectivity index (χ1) is 6.27. The molecule has 0 bridgehead atoms. The van der Waals surface area contributed by atoms with Crippen molar-refractivity contribution in [2.75, 3.05) is 0 Å². The summed E-state index contributed by atoms with van der Waals surface area (Å²) in [6.45, 7) is 10.6. The average molecular weight is 212 g/mol. The number of rotatable bonds is 3. The molecule has 1 aromatic rings. The summed E-state index contributed by atoms with van der Waals surface area (Å²) in [6.07, 6.45) is 1.10. The molecule has 1 heterocycles. The fourth-order valence-corrected chi connectivity index (χ4v) is 2.11. The number of hydrogen-bond acceptors (Lipinski definition) is 3. The second-order valence-corrected chi connectivity index (χ2v) is 5.86. The lowest BCUT2D eigenvalue weighted by molar-refractivity contribution is 0.482. The molecule has 80 valence electrons. The minimum Gasteiger partial charge on any atom is -0.320 e. The van der Waals surface area contributed by atoms with E-state index in [0.717, 1.165) is 11.4 Å². The van der Waals surface area contributed by atoms with Crippen LogP contribution in [0.2, 0.25) is 0 Å². The van der Waals surface area contributed by atoms with Crippen LogP contribution < -0.4 is 5.73 Å². The quantitative estimate of drug-likeness (QED) is 0.836. The maximum Gasteiger partial charge on any atom is 0.112 e. The zero-order chi connectivity index (χ0) is 11.0. The zero-order valence-corrected chi connectivity index (χ0v) is 10.5. The molecule has 0 saturated heterocycles. The molecule has 2 nitrogen and oxygen atoms in total. The third kappa shape index (κ3) is 2.34. The number of thiazole rings is 1. The van der Waals surface area contributed by atoms with E-state index in [1.165, 1.54) is 5.69 Å². The Morgan fingerprint density at radius 2 is 1.93 bits per heavy atom. The van der Waals surface area contributed by atoms with Crippen LogP contribution in [-0.4, -0.2) is 4.98 Å². The van der Waals surface area contributed by atoms with Crippen molar-refractivity contribution in [3.63, 3.8) is 0 Å². The van der Waals surface area contributed by atoms with Gasteiger partial charge in [0.2, 0.25) is 0 Å². The van der Waals surface area contributed by atoms with Gasteiger partial charge in [0.25, 0.3) is 0 Å². The SMILES string of the molecule is CCC(C)(C)c1csc(C(C)(C)N)n1. The van der Waals surface area contributed by atoms with E-state index in [1.807, 2.05) is 13.8 Å². The lowest BCUT2D eigenvalue weighted by Gasteiger charge is -2.20. The van der Waals surface area contributed by atoms with Crippen molar-refractivity contribution >= 4 is 11.3 Å². The molecule has 1 aromatic heterocycles. The zero-order valence-electron chi connectivity index (χ0n) is 9.72. The van der Waals surface area contributed by atoms with Gasteiger partial charge in [0.1, 0.15) is 5.01 Å². The Hall–Kier alpha value is -0.410. The Kier molecular flexibility index (Phi) is 3.02.